The van der Waals surface area contributed by atoms with Crippen molar-refractivity contribution in [2.24, 2.45) is 7.05 Å². The first kappa shape index (κ1) is 17.6. The van der Waals surface area contributed by atoms with E-state index in [2.05, 4.69) is 9.97 Å². The second kappa shape index (κ2) is 7.42. The number of carbonyl (C=O) groups excluding carboxylic acids is 1. The SMILES string of the molecule is Cn1c(N2CCOC(C(=O)c3cccs3)C2)nc(-c2ccncc2)cc1=O. The molecule has 0 amide bonds. The zero-order valence-corrected chi connectivity index (χ0v) is 15.6. The van der Waals surface area contributed by atoms with Gasteiger partial charge in [0.15, 0.2) is 0 Å². The number of ether oxygens (including phenoxy) is 1. The molecule has 0 aromatic carbocycles. The van der Waals surface area contributed by atoms with Crippen molar-refractivity contribution in [3.8, 4) is 11.3 Å². The average molecular weight is 382 g/mol. The molecule has 138 valence electrons. The largest absolute Gasteiger partial charge is 0.366 e. The Kier molecular flexibility index (Phi) is 4.83. The van der Waals surface area contributed by atoms with Gasteiger partial charge < -0.3 is 9.64 Å². The van der Waals surface area contributed by atoms with Gasteiger partial charge in [-0.25, -0.2) is 4.98 Å². The Hall–Kier alpha value is -2.84. The van der Waals surface area contributed by atoms with Crippen LogP contribution in [0.15, 0.2) is 52.9 Å². The van der Waals surface area contributed by atoms with Crippen LogP contribution in [0.2, 0.25) is 0 Å². The Morgan fingerprint density at radius 2 is 2.11 bits per heavy atom. The molecule has 0 N–H and O–H groups in total. The molecule has 0 bridgehead atoms. The maximum absolute atomic E-state index is 12.6. The minimum Gasteiger partial charge on any atom is -0.366 e. The molecule has 4 heterocycles. The molecule has 0 radical (unpaired) electrons. The van der Waals surface area contributed by atoms with Gasteiger partial charge in [0.25, 0.3) is 5.56 Å². The standard InChI is InChI=1S/C19H18N4O3S/c1-22-17(24)11-14(13-4-6-20-7-5-13)21-19(22)23-8-9-26-15(12-23)18(25)16-3-2-10-27-16/h2-7,10-11,15H,8-9,12H2,1H3. The number of thiophene rings is 1. The summed E-state index contributed by atoms with van der Waals surface area (Å²) in [6.45, 7) is 1.32. The number of rotatable bonds is 4. The van der Waals surface area contributed by atoms with E-state index in [9.17, 15) is 9.59 Å². The quantitative estimate of drug-likeness (QED) is 0.642. The minimum absolute atomic E-state index is 0.0370. The van der Waals surface area contributed by atoms with Gasteiger partial charge in [-0.3, -0.25) is 19.1 Å². The summed E-state index contributed by atoms with van der Waals surface area (Å²) >= 11 is 1.40. The molecular formula is C19H18N4O3S. The van der Waals surface area contributed by atoms with Crippen molar-refractivity contribution in [3.63, 3.8) is 0 Å². The van der Waals surface area contributed by atoms with E-state index >= 15 is 0 Å². The Morgan fingerprint density at radius 3 is 2.85 bits per heavy atom. The molecule has 0 aliphatic carbocycles. The first-order valence-corrected chi connectivity index (χ1v) is 9.44. The summed E-state index contributed by atoms with van der Waals surface area (Å²) in [5, 5.41) is 1.87. The van der Waals surface area contributed by atoms with Crippen LogP contribution in [0.4, 0.5) is 5.95 Å². The minimum atomic E-state index is -0.570. The summed E-state index contributed by atoms with van der Waals surface area (Å²) in [7, 11) is 1.69. The third kappa shape index (κ3) is 3.54. The Morgan fingerprint density at radius 1 is 1.30 bits per heavy atom. The zero-order valence-electron chi connectivity index (χ0n) is 14.7. The summed E-state index contributed by atoms with van der Waals surface area (Å²) in [4.78, 5) is 36.4. The average Bonchev–Trinajstić information content (AvgIpc) is 3.25. The van der Waals surface area contributed by atoms with Gasteiger partial charge >= 0.3 is 0 Å². The number of aromatic nitrogens is 3. The Bertz CT molecular complexity index is 1000. The molecule has 0 saturated carbocycles. The third-order valence-corrected chi connectivity index (χ3v) is 5.38. The van der Waals surface area contributed by atoms with Crippen molar-refractivity contribution in [1.29, 1.82) is 0 Å². The number of Topliss-reactive ketones (excluding diaryl/α,β-unsaturated/α-hetero) is 1. The lowest BCUT2D eigenvalue weighted by molar-refractivity contribution is 0.0340. The van der Waals surface area contributed by atoms with Gasteiger partial charge in [-0.2, -0.15) is 0 Å². The van der Waals surface area contributed by atoms with Gasteiger partial charge in [-0.1, -0.05) is 6.07 Å². The molecule has 1 atom stereocenters. The molecule has 3 aromatic heterocycles. The molecule has 1 fully saturated rings. The van der Waals surface area contributed by atoms with Crippen molar-refractivity contribution in [2.45, 2.75) is 6.10 Å². The van der Waals surface area contributed by atoms with Crippen LogP contribution in [0.3, 0.4) is 0 Å². The van der Waals surface area contributed by atoms with E-state index in [1.54, 1.807) is 25.5 Å². The number of morpholine rings is 1. The highest BCUT2D eigenvalue weighted by molar-refractivity contribution is 7.12. The van der Waals surface area contributed by atoms with E-state index in [0.717, 1.165) is 5.56 Å². The molecule has 1 unspecified atom stereocenters. The molecule has 8 heteroatoms. The first-order valence-electron chi connectivity index (χ1n) is 8.56. The Balaban J connectivity index is 1.65. The van der Waals surface area contributed by atoms with E-state index in [1.165, 1.54) is 22.0 Å². The van der Waals surface area contributed by atoms with Crippen molar-refractivity contribution in [1.82, 2.24) is 14.5 Å². The van der Waals surface area contributed by atoms with E-state index in [-0.39, 0.29) is 11.3 Å². The fourth-order valence-electron chi connectivity index (χ4n) is 3.05. The number of nitrogens with zero attached hydrogens (tertiary/aromatic N) is 4. The Labute approximate surface area is 159 Å². The molecule has 1 aliphatic rings. The van der Waals surface area contributed by atoms with Crippen LogP contribution in [0, 0.1) is 0 Å². The van der Waals surface area contributed by atoms with E-state index in [4.69, 9.17) is 4.74 Å². The fourth-order valence-corrected chi connectivity index (χ4v) is 3.76. The second-order valence-electron chi connectivity index (χ2n) is 6.22. The summed E-state index contributed by atoms with van der Waals surface area (Å²) in [5.41, 5.74) is 1.26. The molecule has 27 heavy (non-hydrogen) atoms. The van der Waals surface area contributed by atoms with Crippen LogP contribution in [0.25, 0.3) is 11.3 Å². The van der Waals surface area contributed by atoms with Gasteiger partial charge in [-0.05, 0) is 23.6 Å². The fraction of sp³-hybridized carbons (Fsp3) is 0.263. The summed E-state index contributed by atoms with van der Waals surface area (Å²) < 4.78 is 7.19. The molecular weight excluding hydrogens is 364 g/mol. The van der Waals surface area contributed by atoms with Crippen LogP contribution in [0.5, 0.6) is 0 Å². The second-order valence-corrected chi connectivity index (χ2v) is 7.17. The van der Waals surface area contributed by atoms with Gasteiger partial charge in [0, 0.05) is 37.6 Å². The molecule has 3 aromatic rings. The zero-order chi connectivity index (χ0) is 18.8. The lowest BCUT2D eigenvalue weighted by Crippen LogP contribution is -2.48. The lowest BCUT2D eigenvalue weighted by Gasteiger charge is -2.33. The summed E-state index contributed by atoms with van der Waals surface area (Å²) in [6, 6.07) is 8.78. The monoisotopic (exact) mass is 382 g/mol. The number of pyridine rings is 1. The smallest absolute Gasteiger partial charge is 0.255 e. The normalized spacial score (nSPS) is 17.1. The topological polar surface area (TPSA) is 77.3 Å². The summed E-state index contributed by atoms with van der Waals surface area (Å²) in [6.07, 6.45) is 2.76. The maximum Gasteiger partial charge on any atom is 0.255 e. The van der Waals surface area contributed by atoms with Gasteiger partial charge in [0.05, 0.1) is 23.7 Å². The first-order chi connectivity index (χ1) is 13.1. The number of hydrogen-bond acceptors (Lipinski definition) is 7. The van der Waals surface area contributed by atoms with Crippen LogP contribution in [0.1, 0.15) is 9.67 Å². The van der Waals surface area contributed by atoms with Crippen LogP contribution in [-0.2, 0) is 11.8 Å². The van der Waals surface area contributed by atoms with Gasteiger partial charge in [0.2, 0.25) is 11.7 Å². The predicted molar refractivity (Wildman–Crippen MR) is 103 cm³/mol. The van der Waals surface area contributed by atoms with Gasteiger partial charge in [0.1, 0.15) is 6.10 Å². The lowest BCUT2D eigenvalue weighted by atomic mass is 10.1. The number of anilines is 1. The van der Waals surface area contributed by atoms with Crippen molar-refractivity contribution < 1.29 is 9.53 Å². The summed E-state index contributed by atoms with van der Waals surface area (Å²) in [5.74, 6) is 0.492. The molecule has 0 spiro atoms. The van der Waals surface area contributed by atoms with E-state index < -0.39 is 6.10 Å². The van der Waals surface area contributed by atoms with Crippen LogP contribution in [-0.4, -0.2) is 46.1 Å². The van der Waals surface area contributed by atoms with Crippen LogP contribution >= 0.6 is 11.3 Å². The highest BCUT2D eigenvalue weighted by Gasteiger charge is 2.30. The van der Waals surface area contributed by atoms with Crippen molar-refractivity contribution in [3.05, 3.63) is 63.3 Å². The van der Waals surface area contributed by atoms with E-state index in [1.807, 2.05) is 28.5 Å². The molecule has 4 rings (SSSR count). The highest BCUT2D eigenvalue weighted by Crippen LogP contribution is 2.21. The van der Waals surface area contributed by atoms with E-state index in [0.29, 0.717) is 36.2 Å². The molecule has 1 saturated heterocycles. The number of hydrogen-bond donors (Lipinski definition) is 0. The van der Waals surface area contributed by atoms with Crippen molar-refractivity contribution in [2.75, 3.05) is 24.6 Å². The third-order valence-electron chi connectivity index (χ3n) is 4.49. The van der Waals surface area contributed by atoms with Gasteiger partial charge in [-0.15, -0.1) is 11.3 Å². The number of ketones is 1. The number of carbonyl (C=O) groups is 1. The molecule has 1 aliphatic heterocycles. The molecule has 7 nitrogen and oxygen atoms in total. The van der Waals surface area contributed by atoms with Crippen molar-refractivity contribution >= 4 is 23.1 Å². The predicted octanol–water partition coefficient (Wildman–Crippen LogP) is 1.99. The highest BCUT2D eigenvalue weighted by atomic mass is 32.1. The van der Waals surface area contributed by atoms with Crippen LogP contribution < -0.4 is 10.5 Å². The maximum atomic E-state index is 12.6.